The lowest BCUT2D eigenvalue weighted by atomic mass is 10.0. The van der Waals surface area contributed by atoms with Crippen LogP contribution in [0, 0.1) is 0 Å². The Morgan fingerprint density at radius 1 is 1.00 bits per heavy atom. The summed E-state index contributed by atoms with van der Waals surface area (Å²) in [6.07, 6.45) is 3.78. The molecule has 0 fully saturated rings. The van der Waals surface area contributed by atoms with E-state index in [0.717, 1.165) is 16.9 Å². The van der Waals surface area contributed by atoms with Gasteiger partial charge in [-0.05, 0) is 34.9 Å². The molecule has 0 saturated carbocycles. The zero-order valence-corrected chi connectivity index (χ0v) is 9.89. The van der Waals surface area contributed by atoms with Crippen LogP contribution in [0.4, 0.5) is 0 Å². The van der Waals surface area contributed by atoms with Crippen molar-refractivity contribution in [2.45, 2.75) is 6.54 Å². The summed E-state index contributed by atoms with van der Waals surface area (Å²) in [5, 5.41) is 0. The smallest absolute Gasteiger partial charge is 0.162 e. The van der Waals surface area contributed by atoms with E-state index in [0.29, 0.717) is 6.54 Å². The Bertz CT molecular complexity index is 588. The summed E-state index contributed by atoms with van der Waals surface area (Å²) in [6.45, 7) is 0.576. The van der Waals surface area contributed by atoms with Crippen LogP contribution in [-0.4, -0.2) is 0 Å². The molecule has 0 saturated heterocycles. The molecule has 2 aromatic carbocycles. The molecule has 0 aliphatic carbocycles. The summed E-state index contributed by atoms with van der Waals surface area (Å²) < 4.78 is 0. The summed E-state index contributed by atoms with van der Waals surface area (Å²) in [5.41, 5.74) is 12.9. The molecule has 18 heavy (non-hydrogen) atoms. The Morgan fingerprint density at radius 3 is 2.56 bits per heavy atom. The van der Waals surface area contributed by atoms with Gasteiger partial charge < -0.3 is 10.6 Å². The second-order valence-corrected chi connectivity index (χ2v) is 4.21. The fourth-order valence-electron chi connectivity index (χ4n) is 2.01. The topological polar surface area (TPSA) is 47.3 Å². The van der Waals surface area contributed by atoms with Crippen molar-refractivity contribution in [3.05, 3.63) is 59.8 Å². The van der Waals surface area contributed by atoms with Crippen molar-refractivity contribution in [3.8, 4) is 16.9 Å². The molecule has 0 spiro atoms. The molecule has 0 amide bonds. The molecule has 0 radical (unpaired) electrons. The highest BCUT2D eigenvalue weighted by Crippen LogP contribution is 2.28. The molecule has 0 aromatic heterocycles. The second-order valence-electron chi connectivity index (χ2n) is 4.21. The number of fused-ring (bicyclic) bond motifs is 1. The van der Waals surface area contributed by atoms with Gasteiger partial charge in [0.1, 0.15) is 0 Å². The molecule has 3 heteroatoms. The van der Waals surface area contributed by atoms with Crippen molar-refractivity contribution in [2.24, 2.45) is 5.73 Å². The number of nitrogens with two attached hydrogens (primary N) is 1. The highest BCUT2D eigenvalue weighted by molar-refractivity contribution is 5.71. The summed E-state index contributed by atoms with van der Waals surface area (Å²) in [6, 6.07) is 14.4. The highest BCUT2D eigenvalue weighted by Gasteiger charge is 2.07. The average Bonchev–Trinajstić information content (AvgIpc) is 2.47. The van der Waals surface area contributed by atoms with Crippen LogP contribution >= 0.6 is 0 Å². The van der Waals surface area contributed by atoms with Gasteiger partial charge in [0.25, 0.3) is 0 Å². The number of rotatable bonds is 2. The van der Waals surface area contributed by atoms with Crippen LogP contribution in [0.5, 0.6) is 5.75 Å². The van der Waals surface area contributed by atoms with Crippen LogP contribution < -0.4 is 16.1 Å². The normalized spacial score (nSPS) is 12.5. The summed E-state index contributed by atoms with van der Waals surface area (Å²) >= 11 is 0. The van der Waals surface area contributed by atoms with Crippen molar-refractivity contribution >= 4 is 6.08 Å². The van der Waals surface area contributed by atoms with Gasteiger partial charge in [-0.25, -0.2) is 5.48 Å². The third kappa shape index (κ3) is 1.96. The first kappa shape index (κ1) is 10.9. The lowest BCUT2D eigenvalue weighted by molar-refractivity contribution is 0.239. The van der Waals surface area contributed by atoms with Crippen molar-refractivity contribution in [1.82, 2.24) is 5.48 Å². The quantitative estimate of drug-likeness (QED) is 0.845. The molecule has 1 aliphatic heterocycles. The first-order chi connectivity index (χ1) is 8.86. The monoisotopic (exact) mass is 238 g/mol. The van der Waals surface area contributed by atoms with Crippen LogP contribution in [0.1, 0.15) is 11.1 Å². The number of hydrogen-bond donors (Lipinski definition) is 2. The Labute approximate surface area is 106 Å². The lowest BCUT2D eigenvalue weighted by Crippen LogP contribution is -2.14. The fourth-order valence-corrected chi connectivity index (χ4v) is 2.01. The van der Waals surface area contributed by atoms with Gasteiger partial charge in [-0.1, -0.05) is 30.3 Å². The first-order valence-corrected chi connectivity index (χ1v) is 5.89. The van der Waals surface area contributed by atoms with Crippen molar-refractivity contribution in [3.63, 3.8) is 0 Å². The molecular weight excluding hydrogens is 224 g/mol. The summed E-state index contributed by atoms with van der Waals surface area (Å²) in [5.74, 6) is 0.847. The van der Waals surface area contributed by atoms with Gasteiger partial charge in [0.05, 0.1) is 0 Å². The minimum Gasteiger partial charge on any atom is -0.382 e. The van der Waals surface area contributed by atoms with E-state index >= 15 is 0 Å². The minimum atomic E-state index is 0.576. The Hall–Kier alpha value is -2.26. The molecule has 0 atom stereocenters. The van der Waals surface area contributed by atoms with E-state index in [9.17, 15) is 0 Å². The maximum atomic E-state index is 5.60. The molecule has 2 aromatic rings. The lowest BCUT2D eigenvalue weighted by Gasteiger charge is -2.13. The maximum absolute atomic E-state index is 5.60. The number of hydrogen-bond acceptors (Lipinski definition) is 3. The van der Waals surface area contributed by atoms with E-state index in [1.165, 1.54) is 11.1 Å². The first-order valence-electron chi connectivity index (χ1n) is 5.89. The highest BCUT2D eigenvalue weighted by atomic mass is 16.6. The van der Waals surface area contributed by atoms with E-state index in [4.69, 9.17) is 10.6 Å². The molecule has 1 heterocycles. The van der Waals surface area contributed by atoms with Gasteiger partial charge in [0.15, 0.2) is 5.75 Å². The van der Waals surface area contributed by atoms with Crippen LogP contribution in [0.15, 0.2) is 48.7 Å². The third-order valence-electron chi connectivity index (χ3n) is 3.03. The van der Waals surface area contributed by atoms with Gasteiger partial charge >= 0.3 is 0 Å². The van der Waals surface area contributed by atoms with Gasteiger partial charge in [-0.15, -0.1) is 0 Å². The number of hydroxylamine groups is 1. The van der Waals surface area contributed by atoms with Crippen molar-refractivity contribution < 1.29 is 4.84 Å². The second kappa shape index (κ2) is 4.55. The fraction of sp³-hybridized carbons (Fsp3) is 0.0667. The third-order valence-corrected chi connectivity index (χ3v) is 3.03. The molecule has 90 valence electrons. The van der Waals surface area contributed by atoms with Crippen molar-refractivity contribution in [1.29, 1.82) is 0 Å². The summed E-state index contributed by atoms with van der Waals surface area (Å²) in [7, 11) is 0. The largest absolute Gasteiger partial charge is 0.382 e. The predicted octanol–water partition coefficient (Wildman–Crippen LogP) is 2.68. The Morgan fingerprint density at radius 2 is 1.78 bits per heavy atom. The Kier molecular flexibility index (Phi) is 2.74. The molecule has 1 aliphatic rings. The SMILES string of the molecule is NCc1ccc(-c2ccc3c(c2)C=CNO3)cc1. The van der Waals surface area contributed by atoms with E-state index in [1.807, 2.05) is 12.1 Å². The minimum absolute atomic E-state index is 0.576. The van der Waals surface area contributed by atoms with Crippen LogP contribution in [0.2, 0.25) is 0 Å². The van der Waals surface area contributed by atoms with Crippen molar-refractivity contribution in [2.75, 3.05) is 0 Å². The van der Waals surface area contributed by atoms with Crippen LogP contribution in [0.25, 0.3) is 17.2 Å². The molecule has 0 unspecified atom stereocenters. The number of benzene rings is 2. The van der Waals surface area contributed by atoms with E-state index in [1.54, 1.807) is 6.20 Å². The maximum Gasteiger partial charge on any atom is 0.162 e. The molecule has 0 bridgehead atoms. The Balaban J connectivity index is 1.99. The predicted molar refractivity (Wildman–Crippen MR) is 72.6 cm³/mol. The average molecular weight is 238 g/mol. The van der Waals surface area contributed by atoms with Crippen LogP contribution in [-0.2, 0) is 6.54 Å². The zero-order chi connectivity index (χ0) is 12.4. The number of nitrogens with one attached hydrogen (secondary N) is 1. The molecular formula is C15H14N2O. The molecule has 3 nitrogen and oxygen atoms in total. The van der Waals surface area contributed by atoms with Gasteiger partial charge in [0, 0.05) is 18.3 Å². The zero-order valence-electron chi connectivity index (χ0n) is 9.89. The molecule has 3 N–H and O–H groups in total. The van der Waals surface area contributed by atoms with E-state index < -0.39 is 0 Å². The van der Waals surface area contributed by atoms with E-state index in [-0.39, 0.29) is 0 Å². The van der Waals surface area contributed by atoms with Gasteiger partial charge in [0.2, 0.25) is 0 Å². The standard InChI is InChI=1S/C15H14N2O/c16-10-11-1-3-12(4-2-11)13-5-6-15-14(9-13)7-8-17-18-15/h1-9,17H,10,16H2. The summed E-state index contributed by atoms with van der Waals surface area (Å²) in [4.78, 5) is 5.30. The van der Waals surface area contributed by atoms with Gasteiger partial charge in [-0.2, -0.15) is 0 Å². The van der Waals surface area contributed by atoms with Gasteiger partial charge in [-0.3, -0.25) is 0 Å². The van der Waals surface area contributed by atoms with E-state index in [2.05, 4.69) is 41.9 Å². The molecule has 3 rings (SSSR count). The van der Waals surface area contributed by atoms with Crippen LogP contribution in [0.3, 0.4) is 0 Å².